The molecule has 2 heterocycles. The minimum absolute atomic E-state index is 0.194. The van der Waals surface area contributed by atoms with Crippen molar-refractivity contribution < 1.29 is 14.2 Å². The second-order valence-corrected chi connectivity index (χ2v) is 7.43. The average molecular weight is 297 g/mol. The second kappa shape index (κ2) is 6.15. The number of likely N-dealkylation sites (tertiary alicyclic amines) is 1. The van der Waals surface area contributed by atoms with Gasteiger partial charge in [-0.3, -0.25) is 4.90 Å². The van der Waals surface area contributed by atoms with Crippen molar-refractivity contribution in [3.8, 4) is 0 Å². The van der Waals surface area contributed by atoms with E-state index in [9.17, 15) is 0 Å². The molecule has 4 heteroatoms. The molecule has 0 aromatic carbocycles. The maximum Gasteiger partial charge on any atom is 0.116 e. The van der Waals surface area contributed by atoms with Gasteiger partial charge in [0.1, 0.15) is 6.23 Å². The van der Waals surface area contributed by atoms with Gasteiger partial charge in [0.15, 0.2) is 0 Å². The fraction of sp³-hybridized carbons (Fsp3) is 1.00. The second-order valence-electron chi connectivity index (χ2n) is 7.43. The lowest BCUT2D eigenvalue weighted by Gasteiger charge is -2.53. The fourth-order valence-electron chi connectivity index (χ4n) is 5.03. The molecule has 0 spiro atoms. The molecule has 21 heavy (non-hydrogen) atoms. The van der Waals surface area contributed by atoms with Crippen molar-refractivity contribution in [3.05, 3.63) is 0 Å². The molecule has 3 rings (SSSR count). The molecule has 0 N–H and O–H groups in total. The van der Waals surface area contributed by atoms with Crippen LogP contribution >= 0.6 is 0 Å². The van der Waals surface area contributed by atoms with Crippen LogP contribution < -0.4 is 0 Å². The molecular weight excluding hydrogens is 266 g/mol. The predicted molar refractivity (Wildman–Crippen MR) is 82.1 cm³/mol. The highest BCUT2D eigenvalue weighted by Crippen LogP contribution is 2.47. The van der Waals surface area contributed by atoms with Crippen LogP contribution in [-0.2, 0) is 14.2 Å². The van der Waals surface area contributed by atoms with E-state index in [2.05, 4.69) is 25.8 Å². The van der Waals surface area contributed by atoms with E-state index in [-0.39, 0.29) is 6.23 Å². The summed E-state index contributed by atoms with van der Waals surface area (Å²) in [5, 5.41) is 0. The number of ether oxygens (including phenoxy) is 3. The van der Waals surface area contributed by atoms with E-state index in [0.717, 1.165) is 12.8 Å². The molecular formula is C17H31NO3. The highest BCUT2D eigenvalue weighted by atomic mass is 16.5. The molecule has 2 aliphatic heterocycles. The first-order valence-electron chi connectivity index (χ1n) is 8.51. The largest absolute Gasteiger partial charge is 0.381 e. The summed E-state index contributed by atoms with van der Waals surface area (Å²) in [5.41, 5.74) is 0. The van der Waals surface area contributed by atoms with E-state index in [1.807, 2.05) is 14.2 Å². The third-order valence-corrected chi connectivity index (χ3v) is 6.06. The van der Waals surface area contributed by atoms with Gasteiger partial charge in [0.2, 0.25) is 0 Å². The SMILES string of the molecule is COC1CCCC2C(OC)C3CC(C(C)C)OC3N(C)C12. The Balaban J connectivity index is 1.87. The molecule has 3 aliphatic rings. The van der Waals surface area contributed by atoms with Gasteiger partial charge in [-0.1, -0.05) is 20.3 Å². The van der Waals surface area contributed by atoms with Gasteiger partial charge < -0.3 is 14.2 Å². The van der Waals surface area contributed by atoms with E-state index in [1.54, 1.807) is 0 Å². The van der Waals surface area contributed by atoms with E-state index >= 15 is 0 Å². The monoisotopic (exact) mass is 297 g/mol. The van der Waals surface area contributed by atoms with Crippen LogP contribution in [0.2, 0.25) is 0 Å². The Morgan fingerprint density at radius 2 is 1.86 bits per heavy atom. The third-order valence-electron chi connectivity index (χ3n) is 6.06. The van der Waals surface area contributed by atoms with Gasteiger partial charge >= 0.3 is 0 Å². The van der Waals surface area contributed by atoms with Gasteiger partial charge in [-0.15, -0.1) is 0 Å². The Labute approximate surface area is 129 Å². The van der Waals surface area contributed by atoms with Crippen molar-refractivity contribution >= 4 is 0 Å². The minimum atomic E-state index is 0.194. The molecule has 3 fully saturated rings. The van der Waals surface area contributed by atoms with Gasteiger partial charge in [0.25, 0.3) is 0 Å². The van der Waals surface area contributed by atoms with Crippen LogP contribution in [0.15, 0.2) is 0 Å². The van der Waals surface area contributed by atoms with Crippen molar-refractivity contribution in [2.45, 2.75) is 70.1 Å². The number of rotatable bonds is 3. The predicted octanol–water partition coefficient (Wildman–Crippen LogP) is 2.52. The van der Waals surface area contributed by atoms with E-state index < -0.39 is 0 Å². The summed E-state index contributed by atoms with van der Waals surface area (Å²) in [5.74, 6) is 1.65. The van der Waals surface area contributed by atoms with Crippen LogP contribution in [-0.4, -0.2) is 56.7 Å². The van der Waals surface area contributed by atoms with Gasteiger partial charge in [0.05, 0.1) is 18.3 Å². The molecule has 2 saturated heterocycles. The number of methoxy groups -OCH3 is 2. The van der Waals surface area contributed by atoms with Crippen LogP contribution in [0, 0.1) is 17.8 Å². The number of hydrogen-bond acceptors (Lipinski definition) is 4. The molecule has 0 aromatic heterocycles. The van der Waals surface area contributed by atoms with Gasteiger partial charge in [-0.05, 0) is 32.2 Å². The van der Waals surface area contributed by atoms with Crippen molar-refractivity contribution in [2.24, 2.45) is 17.8 Å². The Kier molecular flexibility index (Phi) is 4.60. The number of piperidine rings is 1. The lowest BCUT2D eigenvalue weighted by Crippen LogP contribution is -2.64. The van der Waals surface area contributed by atoms with E-state index in [0.29, 0.717) is 42.1 Å². The van der Waals surface area contributed by atoms with Crippen LogP contribution in [0.3, 0.4) is 0 Å². The summed E-state index contributed by atoms with van der Waals surface area (Å²) < 4.78 is 18.2. The summed E-state index contributed by atoms with van der Waals surface area (Å²) in [4.78, 5) is 2.46. The normalized spacial score (nSPS) is 47.4. The fourth-order valence-corrected chi connectivity index (χ4v) is 5.03. The first-order valence-corrected chi connectivity index (χ1v) is 8.51. The smallest absolute Gasteiger partial charge is 0.116 e. The highest BCUT2D eigenvalue weighted by Gasteiger charge is 2.55. The molecule has 1 aliphatic carbocycles. The molecule has 0 aromatic rings. The van der Waals surface area contributed by atoms with E-state index in [1.165, 1.54) is 12.8 Å². The summed E-state index contributed by atoms with van der Waals surface area (Å²) in [7, 11) is 5.95. The quantitative estimate of drug-likeness (QED) is 0.801. The van der Waals surface area contributed by atoms with Crippen molar-refractivity contribution in [2.75, 3.05) is 21.3 Å². The molecule has 122 valence electrons. The molecule has 1 saturated carbocycles. The zero-order valence-electron chi connectivity index (χ0n) is 14.1. The van der Waals surface area contributed by atoms with Crippen molar-refractivity contribution in [1.82, 2.24) is 4.90 Å². The van der Waals surface area contributed by atoms with Crippen molar-refractivity contribution in [1.29, 1.82) is 0 Å². The van der Waals surface area contributed by atoms with Crippen LogP contribution in [0.1, 0.15) is 39.5 Å². The van der Waals surface area contributed by atoms with Crippen LogP contribution in [0.4, 0.5) is 0 Å². The Bertz CT molecular complexity index is 362. The van der Waals surface area contributed by atoms with E-state index in [4.69, 9.17) is 14.2 Å². The van der Waals surface area contributed by atoms with Crippen molar-refractivity contribution in [3.63, 3.8) is 0 Å². The average Bonchev–Trinajstić information content (AvgIpc) is 2.92. The topological polar surface area (TPSA) is 30.9 Å². The van der Waals surface area contributed by atoms with Gasteiger partial charge in [0, 0.05) is 32.1 Å². The number of nitrogens with zero attached hydrogens (tertiary/aromatic N) is 1. The first-order chi connectivity index (χ1) is 10.1. The molecule has 0 amide bonds. The third kappa shape index (κ3) is 2.54. The number of likely N-dealkylation sites (N-methyl/N-ethyl adjacent to an activating group) is 1. The molecule has 7 unspecified atom stereocenters. The maximum atomic E-state index is 6.40. The van der Waals surface area contributed by atoms with Crippen LogP contribution in [0.25, 0.3) is 0 Å². The Morgan fingerprint density at radius 1 is 1.10 bits per heavy atom. The minimum Gasteiger partial charge on any atom is -0.381 e. The Hall–Kier alpha value is -0.160. The summed E-state index contributed by atoms with van der Waals surface area (Å²) in [6.07, 6.45) is 5.98. The van der Waals surface area contributed by atoms with Crippen LogP contribution in [0.5, 0.6) is 0 Å². The van der Waals surface area contributed by atoms with Gasteiger partial charge in [-0.2, -0.15) is 0 Å². The number of fused-ring (bicyclic) bond motifs is 2. The summed E-state index contributed by atoms with van der Waals surface area (Å²) >= 11 is 0. The molecule has 4 nitrogen and oxygen atoms in total. The lowest BCUT2D eigenvalue weighted by atomic mass is 9.70. The Morgan fingerprint density at radius 3 is 2.48 bits per heavy atom. The lowest BCUT2D eigenvalue weighted by molar-refractivity contribution is -0.196. The standard InChI is InChI=1S/C17H31NO3/c1-10(2)14-9-12-16(20-5)11-7-6-8-13(19-4)15(11)18(3)17(12)21-14/h10-17H,6-9H2,1-5H3. The summed E-state index contributed by atoms with van der Waals surface area (Å²) in [6.45, 7) is 4.52. The maximum absolute atomic E-state index is 6.40. The molecule has 0 bridgehead atoms. The zero-order valence-corrected chi connectivity index (χ0v) is 14.1. The first kappa shape index (κ1) is 15.7. The zero-order chi connectivity index (χ0) is 15.1. The molecule has 0 radical (unpaired) electrons. The summed E-state index contributed by atoms with van der Waals surface area (Å²) in [6, 6.07) is 0.431. The number of hydrogen-bond donors (Lipinski definition) is 0. The molecule has 7 atom stereocenters. The highest BCUT2D eigenvalue weighted by molar-refractivity contribution is 5.04. The van der Waals surface area contributed by atoms with Gasteiger partial charge in [-0.25, -0.2) is 0 Å².